The van der Waals surface area contributed by atoms with Gasteiger partial charge in [-0.1, -0.05) is 0 Å². The first kappa shape index (κ1) is 14.1. The Bertz CT molecular complexity index is 402. The predicted molar refractivity (Wildman–Crippen MR) is 69.7 cm³/mol. The topological polar surface area (TPSA) is 53.4 Å². The highest BCUT2D eigenvalue weighted by Gasteiger charge is 2.23. The molecule has 1 N–H and O–H groups in total. The Balaban J connectivity index is 2.83. The van der Waals surface area contributed by atoms with Crippen LogP contribution in [0, 0.1) is 0 Å². The van der Waals surface area contributed by atoms with Crippen molar-refractivity contribution in [2.75, 3.05) is 6.54 Å². The second-order valence-corrected chi connectivity index (χ2v) is 5.85. The van der Waals surface area contributed by atoms with Crippen LogP contribution in [0.4, 0.5) is 0 Å². The first-order valence-corrected chi connectivity index (χ1v) is 6.14. The van der Waals surface area contributed by atoms with Crippen molar-refractivity contribution in [2.45, 2.75) is 32.9 Å². The fourth-order valence-corrected chi connectivity index (χ4v) is 1.87. The van der Waals surface area contributed by atoms with Gasteiger partial charge < -0.3 is 5.11 Å². The molecule has 0 spiro atoms. The van der Waals surface area contributed by atoms with Gasteiger partial charge in [0.05, 0.1) is 6.54 Å². The van der Waals surface area contributed by atoms with Crippen LogP contribution in [0.2, 0.25) is 0 Å². The zero-order chi connectivity index (χ0) is 13.1. The zero-order valence-corrected chi connectivity index (χ0v) is 11.9. The number of nitrogens with zero attached hydrogens (tertiary/aromatic N) is 2. The number of pyridine rings is 1. The van der Waals surface area contributed by atoms with E-state index in [0.29, 0.717) is 6.54 Å². The number of aromatic nitrogens is 1. The maximum Gasteiger partial charge on any atom is 0.317 e. The number of carboxylic acid groups (broad SMARTS) is 1. The minimum atomic E-state index is -0.817. The molecule has 0 fully saturated rings. The molecular formula is C12H17BrN2O2. The van der Waals surface area contributed by atoms with Crippen LogP contribution in [-0.2, 0) is 11.3 Å². The van der Waals surface area contributed by atoms with Crippen molar-refractivity contribution in [3.8, 4) is 0 Å². The van der Waals surface area contributed by atoms with Crippen LogP contribution in [-0.4, -0.2) is 33.0 Å². The number of hydrogen-bond donors (Lipinski definition) is 1. The van der Waals surface area contributed by atoms with E-state index in [1.165, 1.54) is 0 Å². The molecule has 1 rings (SSSR count). The SMILES string of the molecule is CC(C)(C)N(CC(=O)O)Cc1cncc(Br)c1. The van der Waals surface area contributed by atoms with Crippen LogP contribution in [0.15, 0.2) is 22.9 Å². The molecule has 1 aromatic heterocycles. The first-order valence-electron chi connectivity index (χ1n) is 5.35. The second-order valence-electron chi connectivity index (χ2n) is 4.93. The molecule has 0 bridgehead atoms. The third kappa shape index (κ3) is 4.83. The lowest BCUT2D eigenvalue weighted by Crippen LogP contribution is -2.43. The molecule has 0 saturated carbocycles. The quantitative estimate of drug-likeness (QED) is 0.928. The largest absolute Gasteiger partial charge is 0.480 e. The fourth-order valence-electron chi connectivity index (χ4n) is 1.46. The summed E-state index contributed by atoms with van der Waals surface area (Å²) in [6.45, 7) is 6.60. The lowest BCUT2D eigenvalue weighted by molar-refractivity contribution is -0.139. The molecule has 4 nitrogen and oxygen atoms in total. The summed E-state index contributed by atoms with van der Waals surface area (Å²) < 4.78 is 0.902. The molecule has 1 aromatic rings. The highest BCUT2D eigenvalue weighted by Crippen LogP contribution is 2.18. The van der Waals surface area contributed by atoms with Crippen molar-refractivity contribution >= 4 is 21.9 Å². The van der Waals surface area contributed by atoms with E-state index in [1.54, 1.807) is 12.4 Å². The molecular weight excluding hydrogens is 284 g/mol. The Kier molecular flexibility index (Phi) is 4.65. The van der Waals surface area contributed by atoms with Crippen LogP contribution in [0.25, 0.3) is 0 Å². The monoisotopic (exact) mass is 300 g/mol. The molecule has 17 heavy (non-hydrogen) atoms. The number of hydrogen-bond acceptors (Lipinski definition) is 3. The zero-order valence-electron chi connectivity index (χ0n) is 10.3. The van der Waals surface area contributed by atoms with Crippen molar-refractivity contribution in [1.29, 1.82) is 0 Å². The highest BCUT2D eigenvalue weighted by atomic mass is 79.9. The normalized spacial score (nSPS) is 11.8. The average molecular weight is 301 g/mol. The Labute approximate surface area is 110 Å². The number of aliphatic carboxylic acids is 1. The van der Waals surface area contributed by atoms with Gasteiger partial charge in [0.15, 0.2) is 0 Å². The van der Waals surface area contributed by atoms with Crippen molar-refractivity contribution < 1.29 is 9.90 Å². The highest BCUT2D eigenvalue weighted by molar-refractivity contribution is 9.10. The van der Waals surface area contributed by atoms with Gasteiger partial charge in [-0.3, -0.25) is 14.7 Å². The molecule has 0 aromatic carbocycles. The van der Waals surface area contributed by atoms with Gasteiger partial charge in [-0.25, -0.2) is 0 Å². The fraction of sp³-hybridized carbons (Fsp3) is 0.500. The molecule has 0 amide bonds. The van der Waals surface area contributed by atoms with E-state index < -0.39 is 5.97 Å². The molecule has 0 aliphatic heterocycles. The summed E-state index contributed by atoms with van der Waals surface area (Å²) in [5.74, 6) is -0.817. The van der Waals surface area contributed by atoms with Crippen molar-refractivity contribution in [3.05, 3.63) is 28.5 Å². The molecule has 0 aliphatic carbocycles. The van der Waals surface area contributed by atoms with Gasteiger partial charge >= 0.3 is 5.97 Å². The van der Waals surface area contributed by atoms with Gasteiger partial charge in [-0.15, -0.1) is 0 Å². The Morgan fingerprint density at radius 3 is 2.59 bits per heavy atom. The standard InChI is InChI=1S/C12H17BrN2O2/c1-12(2,3)15(8-11(16)17)7-9-4-10(13)6-14-5-9/h4-6H,7-8H2,1-3H3,(H,16,17). The van der Waals surface area contributed by atoms with Crippen molar-refractivity contribution in [2.24, 2.45) is 0 Å². The van der Waals surface area contributed by atoms with E-state index in [-0.39, 0.29) is 12.1 Å². The molecule has 94 valence electrons. The summed E-state index contributed by atoms with van der Waals surface area (Å²) in [5.41, 5.74) is 0.802. The van der Waals surface area contributed by atoms with E-state index >= 15 is 0 Å². The van der Waals surface area contributed by atoms with Crippen LogP contribution in [0.1, 0.15) is 26.3 Å². The van der Waals surface area contributed by atoms with Crippen molar-refractivity contribution in [3.63, 3.8) is 0 Å². The predicted octanol–water partition coefficient (Wildman–Crippen LogP) is 2.53. The molecule has 0 unspecified atom stereocenters. The van der Waals surface area contributed by atoms with Crippen LogP contribution < -0.4 is 0 Å². The summed E-state index contributed by atoms with van der Waals surface area (Å²) >= 11 is 3.36. The van der Waals surface area contributed by atoms with Gasteiger partial charge in [-0.05, 0) is 48.3 Å². The summed E-state index contributed by atoms with van der Waals surface area (Å²) in [5, 5.41) is 8.91. The molecule has 1 heterocycles. The van der Waals surface area contributed by atoms with E-state index in [4.69, 9.17) is 5.11 Å². The van der Waals surface area contributed by atoms with Crippen LogP contribution in [0.5, 0.6) is 0 Å². The average Bonchev–Trinajstić information content (AvgIpc) is 2.14. The van der Waals surface area contributed by atoms with Gasteiger partial charge in [-0.2, -0.15) is 0 Å². The summed E-state index contributed by atoms with van der Waals surface area (Å²) in [6, 6.07) is 1.95. The maximum atomic E-state index is 10.8. The Hall–Kier alpha value is -0.940. The maximum absolute atomic E-state index is 10.8. The van der Waals surface area contributed by atoms with Crippen molar-refractivity contribution in [1.82, 2.24) is 9.88 Å². The smallest absolute Gasteiger partial charge is 0.317 e. The van der Waals surface area contributed by atoms with Crippen LogP contribution in [0.3, 0.4) is 0 Å². The van der Waals surface area contributed by atoms with E-state index in [1.807, 2.05) is 31.7 Å². The minimum absolute atomic E-state index is 0.0238. The van der Waals surface area contributed by atoms with Gasteiger partial charge in [0.25, 0.3) is 0 Å². The number of halogens is 1. The summed E-state index contributed by atoms with van der Waals surface area (Å²) in [7, 11) is 0. The molecule has 0 aliphatic rings. The second kappa shape index (κ2) is 5.60. The minimum Gasteiger partial charge on any atom is -0.480 e. The van der Waals surface area contributed by atoms with E-state index in [9.17, 15) is 4.79 Å². The lowest BCUT2D eigenvalue weighted by atomic mass is 10.0. The van der Waals surface area contributed by atoms with E-state index in [2.05, 4.69) is 20.9 Å². The summed E-state index contributed by atoms with van der Waals surface area (Å²) in [4.78, 5) is 16.8. The first-order chi connectivity index (χ1) is 7.79. The summed E-state index contributed by atoms with van der Waals surface area (Å²) in [6.07, 6.45) is 3.47. The van der Waals surface area contributed by atoms with Gasteiger partial charge in [0.1, 0.15) is 0 Å². The number of carbonyl (C=O) groups is 1. The number of rotatable bonds is 4. The van der Waals surface area contributed by atoms with Gasteiger partial charge in [0.2, 0.25) is 0 Å². The van der Waals surface area contributed by atoms with Gasteiger partial charge in [0, 0.05) is 29.0 Å². The third-order valence-corrected chi connectivity index (χ3v) is 2.84. The Morgan fingerprint density at radius 2 is 2.12 bits per heavy atom. The third-order valence-electron chi connectivity index (χ3n) is 2.41. The number of carboxylic acids is 1. The molecule has 5 heteroatoms. The van der Waals surface area contributed by atoms with E-state index in [0.717, 1.165) is 10.0 Å². The Morgan fingerprint density at radius 1 is 1.47 bits per heavy atom. The lowest BCUT2D eigenvalue weighted by Gasteiger charge is -2.34. The molecule has 0 atom stereocenters. The molecule has 0 saturated heterocycles. The molecule has 0 radical (unpaired) electrons. The van der Waals surface area contributed by atoms with Crippen LogP contribution >= 0.6 is 15.9 Å².